The van der Waals surface area contributed by atoms with Gasteiger partial charge >= 0.3 is 0 Å². The van der Waals surface area contributed by atoms with Crippen LogP contribution in [0.5, 0.6) is 0 Å². The van der Waals surface area contributed by atoms with Crippen molar-refractivity contribution in [1.82, 2.24) is 0 Å². The summed E-state index contributed by atoms with van der Waals surface area (Å²) in [6.07, 6.45) is 5.60. The number of nitrogens with zero attached hydrogens (tertiary/aromatic N) is 1. The summed E-state index contributed by atoms with van der Waals surface area (Å²) in [5, 5.41) is 3.02. The molecule has 0 aromatic carbocycles. The lowest BCUT2D eigenvalue weighted by molar-refractivity contribution is 0.692. The van der Waals surface area contributed by atoms with E-state index in [1.807, 2.05) is 11.8 Å². The number of thioether (sulfide) groups is 1. The summed E-state index contributed by atoms with van der Waals surface area (Å²) in [4.78, 5) is 4.23. The third-order valence-electron chi connectivity index (χ3n) is 1.80. The average molecular weight is 139 g/mol. The molecule has 0 N–H and O–H groups in total. The Hall–Kier alpha value is -0.240. The Morgan fingerprint density at radius 1 is 1.56 bits per heavy atom. The molecule has 2 aliphatic heterocycles. The smallest absolute Gasteiger partial charge is 0.0396 e. The SMILES string of the molecule is C1=CC2C=NCCC2S1. The van der Waals surface area contributed by atoms with Gasteiger partial charge in [-0.2, -0.15) is 0 Å². The molecule has 0 aliphatic carbocycles. The maximum absolute atomic E-state index is 4.23. The van der Waals surface area contributed by atoms with Crippen LogP contribution in [-0.2, 0) is 0 Å². The summed E-state index contributed by atoms with van der Waals surface area (Å²) in [5.41, 5.74) is 0. The van der Waals surface area contributed by atoms with Crippen LogP contribution < -0.4 is 0 Å². The highest BCUT2D eigenvalue weighted by molar-refractivity contribution is 8.03. The second-order valence-corrected chi connectivity index (χ2v) is 3.57. The normalized spacial score (nSPS) is 39.1. The van der Waals surface area contributed by atoms with Crippen LogP contribution in [0.15, 0.2) is 16.5 Å². The molecule has 0 amide bonds. The number of fused-ring (bicyclic) bond motifs is 1. The zero-order valence-electron chi connectivity index (χ0n) is 5.16. The van der Waals surface area contributed by atoms with E-state index in [9.17, 15) is 0 Å². The zero-order chi connectivity index (χ0) is 6.10. The third-order valence-corrected chi connectivity index (χ3v) is 3.02. The minimum atomic E-state index is 0.656. The predicted molar refractivity (Wildman–Crippen MR) is 42.0 cm³/mol. The minimum Gasteiger partial charge on any atom is -0.297 e. The molecule has 0 aromatic heterocycles. The second-order valence-electron chi connectivity index (χ2n) is 2.42. The van der Waals surface area contributed by atoms with E-state index < -0.39 is 0 Å². The Balaban J connectivity index is 2.17. The molecule has 2 rings (SSSR count). The lowest BCUT2D eigenvalue weighted by atomic mass is 10.0. The van der Waals surface area contributed by atoms with Crippen molar-refractivity contribution in [1.29, 1.82) is 0 Å². The topological polar surface area (TPSA) is 12.4 Å². The monoisotopic (exact) mass is 139 g/mol. The highest BCUT2D eigenvalue weighted by Crippen LogP contribution is 2.32. The van der Waals surface area contributed by atoms with E-state index in [0.29, 0.717) is 5.92 Å². The van der Waals surface area contributed by atoms with Crippen molar-refractivity contribution >= 4 is 18.0 Å². The third kappa shape index (κ3) is 0.917. The molecule has 2 atom stereocenters. The summed E-state index contributed by atoms with van der Waals surface area (Å²) in [5.74, 6) is 0.656. The first kappa shape index (κ1) is 5.54. The first-order valence-corrected chi connectivity index (χ1v) is 4.23. The molecule has 0 saturated heterocycles. The summed E-state index contributed by atoms with van der Waals surface area (Å²) in [6.45, 7) is 1.04. The largest absolute Gasteiger partial charge is 0.297 e. The molecule has 48 valence electrons. The Bertz CT molecular complexity index is 162. The van der Waals surface area contributed by atoms with Crippen LogP contribution in [0.25, 0.3) is 0 Å². The van der Waals surface area contributed by atoms with Gasteiger partial charge in [-0.3, -0.25) is 4.99 Å². The van der Waals surface area contributed by atoms with E-state index in [2.05, 4.69) is 22.7 Å². The predicted octanol–water partition coefficient (Wildman–Crippen LogP) is 1.71. The van der Waals surface area contributed by atoms with Crippen LogP contribution in [0.4, 0.5) is 0 Å². The van der Waals surface area contributed by atoms with E-state index >= 15 is 0 Å². The first-order chi connectivity index (χ1) is 4.47. The Labute approximate surface area is 59.2 Å². The molecule has 0 fully saturated rings. The number of aliphatic imine (C=N–C) groups is 1. The average Bonchev–Trinajstić information content (AvgIpc) is 2.33. The van der Waals surface area contributed by atoms with Crippen LogP contribution in [0.1, 0.15) is 6.42 Å². The van der Waals surface area contributed by atoms with E-state index in [4.69, 9.17) is 0 Å². The van der Waals surface area contributed by atoms with Gasteiger partial charge in [-0.1, -0.05) is 6.08 Å². The van der Waals surface area contributed by atoms with Crippen molar-refractivity contribution in [3.8, 4) is 0 Å². The molecular weight excluding hydrogens is 130 g/mol. The molecular formula is C7H9NS. The molecule has 2 aliphatic rings. The molecule has 9 heavy (non-hydrogen) atoms. The van der Waals surface area contributed by atoms with Gasteiger partial charge in [-0.05, 0) is 11.8 Å². The van der Waals surface area contributed by atoms with E-state index in [1.54, 1.807) is 0 Å². The molecule has 0 spiro atoms. The van der Waals surface area contributed by atoms with Gasteiger partial charge in [0, 0.05) is 23.9 Å². The first-order valence-electron chi connectivity index (χ1n) is 3.29. The lowest BCUT2D eigenvalue weighted by Gasteiger charge is -2.16. The zero-order valence-corrected chi connectivity index (χ0v) is 5.97. The summed E-state index contributed by atoms with van der Waals surface area (Å²) < 4.78 is 0. The van der Waals surface area contributed by atoms with Gasteiger partial charge in [-0.15, -0.1) is 11.8 Å². The highest BCUT2D eigenvalue weighted by Gasteiger charge is 2.23. The maximum atomic E-state index is 4.23. The highest BCUT2D eigenvalue weighted by atomic mass is 32.2. The van der Waals surface area contributed by atoms with Gasteiger partial charge in [-0.25, -0.2) is 0 Å². The van der Waals surface area contributed by atoms with Crippen LogP contribution in [-0.4, -0.2) is 18.0 Å². The van der Waals surface area contributed by atoms with Crippen LogP contribution in [0, 0.1) is 5.92 Å². The van der Waals surface area contributed by atoms with Gasteiger partial charge in [0.15, 0.2) is 0 Å². The van der Waals surface area contributed by atoms with Gasteiger partial charge < -0.3 is 0 Å². The van der Waals surface area contributed by atoms with E-state index in [0.717, 1.165) is 11.8 Å². The summed E-state index contributed by atoms with van der Waals surface area (Å²) in [7, 11) is 0. The van der Waals surface area contributed by atoms with Gasteiger partial charge in [0.25, 0.3) is 0 Å². The fourth-order valence-electron chi connectivity index (χ4n) is 1.26. The molecule has 0 bridgehead atoms. The number of hydrogen-bond donors (Lipinski definition) is 0. The van der Waals surface area contributed by atoms with Crippen molar-refractivity contribution in [3.63, 3.8) is 0 Å². The van der Waals surface area contributed by atoms with Gasteiger partial charge in [0.2, 0.25) is 0 Å². The Kier molecular flexibility index (Phi) is 1.34. The molecule has 0 saturated carbocycles. The van der Waals surface area contributed by atoms with Crippen molar-refractivity contribution in [2.45, 2.75) is 11.7 Å². The van der Waals surface area contributed by atoms with Gasteiger partial charge in [0.05, 0.1) is 0 Å². The minimum absolute atomic E-state index is 0.656. The molecule has 2 heteroatoms. The standard InChI is InChI=1S/C7H9NS/c1-3-8-5-6-2-4-9-7(1)6/h2,4-7H,1,3H2. The number of hydrogen-bond acceptors (Lipinski definition) is 2. The summed E-state index contributed by atoms with van der Waals surface area (Å²) >= 11 is 1.95. The van der Waals surface area contributed by atoms with E-state index in [1.165, 1.54) is 6.42 Å². The van der Waals surface area contributed by atoms with Crippen molar-refractivity contribution in [2.24, 2.45) is 10.9 Å². The van der Waals surface area contributed by atoms with Crippen LogP contribution in [0.2, 0.25) is 0 Å². The summed E-state index contributed by atoms with van der Waals surface area (Å²) in [6, 6.07) is 0. The quantitative estimate of drug-likeness (QED) is 0.497. The Morgan fingerprint density at radius 3 is 3.44 bits per heavy atom. The van der Waals surface area contributed by atoms with Gasteiger partial charge in [0.1, 0.15) is 0 Å². The molecule has 2 unspecified atom stereocenters. The number of rotatable bonds is 0. The maximum Gasteiger partial charge on any atom is 0.0396 e. The van der Waals surface area contributed by atoms with Crippen molar-refractivity contribution in [3.05, 3.63) is 11.5 Å². The molecule has 0 aromatic rings. The lowest BCUT2D eigenvalue weighted by Crippen LogP contribution is -2.18. The van der Waals surface area contributed by atoms with Crippen molar-refractivity contribution < 1.29 is 0 Å². The molecule has 2 heterocycles. The van der Waals surface area contributed by atoms with E-state index in [-0.39, 0.29) is 0 Å². The van der Waals surface area contributed by atoms with Crippen molar-refractivity contribution in [2.75, 3.05) is 6.54 Å². The van der Waals surface area contributed by atoms with Crippen LogP contribution >= 0.6 is 11.8 Å². The molecule has 0 radical (unpaired) electrons. The molecule has 1 nitrogen and oxygen atoms in total. The number of allylic oxidation sites excluding steroid dienone is 1. The second kappa shape index (κ2) is 2.18. The fourth-order valence-corrected chi connectivity index (χ4v) is 2.31. The fraction of sp³-hybridized carbons (Fsp3) is 0.571. The van der Waals surface area contributed by atoms with Crippen LogP contribution in [0.3, 0.4) is 0 Å². The Morgan fingerprint density at radius 2 is 2.56 bits per heavy atom.